The monoisotopic (exact) mass is 316 g/mol. The van der Waals surface area contributed by atoms with E-state index < -0.39 is 0 Å². The lowest BCUT2D eigenvalue weighted by Gasteiger charge is -2.00. The highest BCUT2D eigenvalue weighted by atomic mass is 127. The Morgan fingerprint density at radius 3 is 2.47 bits per heavy atom. The van der Waals surface area contributed by atoms with E-state index >= 15 is 0 Å². The molecule has 0 saturated carbocycles. The lowest BCUT2D eigenvalue weighted by atomic mass is 10.2. The van der Waals surface area contributed by atoms with Crippen molar-refractivity contribution in [2.75, 3.05) is 12.8 Å². The zero-order chi connectivity index (χ0) is 10.8. The fraction of sp³-hybridized carbons (Fsp3) is 0.100. The molecule has 0 aliphatic heterocycles. The molecule has 0 bridgehead atoms. The van der Waals surface area contributed by atoms with Gasteiger partial charge in [-0.15, -0.1) is 0 Å². The van der Waals surface area contributed by atoms with E-state index in [1.807, 2.05) is 24.3 Å². The van der Waals surface area contributed by atoms with Crippen molar-refractivity contribution in [3.8, 4) is 17.1 Å². The number of hydrogen-bond donors (Lipinski definition) is 1. The standard InChI is InChI=1S/C10H9IN2O2/c1-14-7-4-2-6(3-5-7)9-8(11)10(12)13-15-9/h2-5H,1H3,(H2,12,13). The third-order valence-corrected chi connectivity index (χ3v) is 3.05. The number of nitrogens with zero attached hydrogens (tertiary/aromatic N) is 1. The quantitative estimate of drug-likeness (QED) is 0.865. The van der Waals surface area contributed by atoms with E-state index in [2.05, 4.69) is 27.7 Å². The summed E-state index contributed by atoms with van der Waals surface area (Å²) in [6.07, 6.45) is 0. The number of rotatable bonds is 2. The van der Waals surface area contributed by atoms with Gasteiger partial charge in [-0.25, -0.2) is 0 Å². The average Bonchev–Trinajstić information content (AvgIpc) is 2.60. The van der Waals surface area contributed by atoms with E-state index in [0.717, 1.165) is 14.9 Å². The molecule has 0 fully saturated rings. The second-order valence-corrected chi connectivity index (χ2v) is 4.02. The topological polar surface area (TPSA) is 61.3 Å². The SMILES string of the molecule is COc1ccc(-c2onc(N)c2I)cc1. The molecule has 78 valence electrons. The summed E-state index contributed by atoms with van der Waals surface area (Å²) in [5.41, 5.74) is 6.53. The zero-order valence-corrected chi connectivity index (χ0v) is 10.2. The van der Waals surface area contributed by atoms with Crippen LogP contribution in [0.2, 0.25) is 0 Å². The Bertz CT molecular complexity index is 465. The van der Waals surface area contributed by atoms with Crippen molar-refractivity contribution in [2.45, 2.75) is 0 Å². The Morgan fingerprint density at radius 1 is 1.33 bits per heavy atom. The number of nitrogens with two attached hydrogens (primary N) is 1. The second-order valence-electron chi connectivity index (χ2n) is 2.94. The first kappa shape index (κ1) is 10.3. The van der Waals surface area contributed by atoms with Gasteiger partial charge in [-0.1, -0.05) is 5.16 Å². The van der Waals surface area contributed by atoms with Crippen molar-refractivity contribution in [3.63, 3.8) is 0 Å². The first-order valence-electron chi connectivity index (χ1n) is 4.27. The molecule has 2 N–H and O–H groups in total. The predicted molar refractivity (Wildman–Crippen MR) is 65.6 cm³/mol. The molecule has 5 heteroatoms. The predicted octanol–water partition coefficient (Wildman–Crippen LogP) is 2.54. The van der Waals surface area contributed by atoms with Gasteiger partial charge in [0.2, 0.25) is 0 Å². The lowest BCUT2D eigenvalue weighted by molar-refractivity contribution is 0.414. The first-order valence-corrected chi connectivity index (χ1v) is 5.35. The molecule has 0 aliphatic carbocycles. The summed E-state index contributed by atoms with van der Waals surface area (Å²) >= 11 is 2.11. The highest BCUT2D eigenvalue weighted by Crippen LogP contribution is 2.29. The maximum atomic E-state index is 5.60. The Balaban J connectivity index is 2.41. The molecular weight excluding hydrogens is 307 g/mol. The number of halogens is 1. The Morgan fingerprint density at radius 2 is 2.00 bits per heavy atom. The van der Waals surface area contributed by atoms with Gasteiger partial charge in [0.15, 0.2) is 11.6 Å². The van der Waals surface area contributed by atoms with Gasteiger partial charge in [0.25, 0.3) is 0 Å². The number of ether oxygens (including phenoxy) is 1. The summed E-state index contributed by atoms with van der Waals surface area (Å²) in [7, 11) is 1.63. The van der Waals surface area contributed by atoms with Crippen LogP contribution >= 0.6 is 22.6 Å². The summed E-state index contributed by atoms with van der Waals surface area (Å²) < 4.78 is 11.0. The van der Waals surface area contributed by atoms with Gasteiger partial charge in [0.05, 0.1) is 7.11 Å². The molecule has 0 aliphatic rings. The van der Waals surface area contributed by atoms with Gasteiger partial charge in [-0.3, -0.25) is 0 Å². The molecule has 2 aromatic rings. The van der Waals surface area contributed by atoms with Crippen molar-refractivity contribution >= 4 is 28.4 Å². The van der Waals surface area contributed by atoms with Crippen LogP contribution in [0.1, 0.15) is 0 Å². The van der Waals surface area contributed by atoms with E-state index in [9.17, 15) is 0 Å². The molecular formula is C10H9IN2O2. The summed E-state index contributed by atoms with van der Waals surface area (Å²) in [6, 6.07) is 7.54. The number of hydrogen-bond acceptors (Lipinski definition) is 4. The largest absolute Gasteiger partial charge is 0.497 e. The number of aromatic nitrogens is 1. The van der Waals surface area contributed by atoms with Gasteiger partial charge < -0.3 is 15.0 Å². The summed E-state index contributed by atoms with van der Waals surface area (Å²) in [6.45, 7) is 0. The van der Waals surface area contributed by atoms with Gasteiger partial charge in [0.1, 0.15) is 9.32 Å². The van der Waals surface area contributed by atoms with Crippen LogP contribution in [0.15, 0.2) is 28.8 Å². The van der Waals surface area contributed by atoms with Crippen molar-refractivity contribution in [1.29, 1.82) is 0 Å². The number of anilines is 1. The molecule has 0 radical (unpaired) electrons. The van der Waals surface area contributed by atoms with Crippen LogP contribution in [0.5, 0.6) is 5.75 Å². The Hall–Kier alpha value is -1.24. The molecule has 1 aromatic heterocycles. The van der Waals surface area contributed by atoms with Crippen molar-refractivity contribution in [2.24, 2.45) is 0 Å². The molecule has 1 heterocycles. The van der Waals surface area contributed by atoms with E-state index in [-0.39, 0.29) is 0 Å². The number of benzene rings is 1. The minimum Gasteiger partial charge on any atom is -0.497 e. The highest BCUT2D eigenvalue weighted by Gasteiger charge is 2.12. The maximum absolute atomic E-state index is 5.60. The van der Waals surface area contributed by atoms with Gasteiger partial charge >= 0.3 is 0 Å². The number of nitrogen functional groups attached to an aromatic ring is 1. The van der Waals surface area contributed by atoms with Crippen LogP contribution in [0, 0.1) is 3.57 Å². The first-order chi connectivity index (χ1) is 7.22. The minimum atomic E-state index is 0.418. The Labute approximate surface area is 101 Å². The summed E-state index contributed by atoms with van der Waals surface area (Å²) in [5, 5.41) is 3.70. The second kappa shape index (κ2) is 4.09. The van der Waals surface area contributed by atoms with E-state index in [1.165, 1.54) is 0 Å². The fourth-order valence-corrected chi connectivity index (χ4v) is 1.72. The minimum absolute atomic E-state index is 0.418. The molecule has 4 nitrogen and oxygen atoms in total. The van der Waals surface area contributed by atoms with Crippen LogP contribution in [0.3, 0.4) is 0 Å². The summed E-state index contributed by atoms with van der Waals surface area (Å²) in [5.74, 6) is 1.92. The molecule has 0 spiro atoms. The number of methoxy groups -OCH3 is 1. The van der Waals surface area contributed by atoms with Crippen molar-refractivity contribution < 1.29 is 9.26 Å². The van der Waals surface area contributed by atoms with Crippen molar-refractivity contribution in [3.05, 3.63) is 27.8 Å². The van der Waals surface area contributed by atoms with Crippen LogP contribution in [-0.4, -0.2) is 12.3 Å². The van der Waals surface area contributed by atoms with Gasteiger partial charge in [0, 0.05) is 5.56 Å². The van der Waals surface area contributed by atoms with Crippen LogP contribution in [0.25, 0.3) is 11.3 Å². The van der Waals surface area contributed by atoms with Crippen LogP contribution in [-0.2, 0) is 0 Å². The normalized spacial score (nSPS) is 10.3. The van der Waals surface area contributed by atoms with E-state index in [0.29, 0.717) is 11.6 Å². The molecule has 0 unspecified atom stereocenters. The van der Waals surface area contributed by atoms with Gasteiger partial charge in [-0.05, 0) is 46.9 Å². The van der Waals surface area contributed by atoms with Crippen LogP contribution < -0.4 is 10.5 Å². The maximum Gasteiger partial charge on any atom is 0.182 e. The molecule has 1 aromatic carbocycles. The smallest absolute Gasteiger partial charge is 0.182 e. The van der Waals surface area contributed by atoms with Gasteiger partial charge in [-0.2, -0.15) is 0 Å². The van der Waals surface area contributed by atoms with E-state index in [4.69, 9.17) is 15.0 Å². The Kier molecular flexibility index (Phi) is 2.81. The fourth-order valence-electron chi connectivity index (χ4n) is 1.21. The summed E-state index contributed by atoms with van der Waals surface area (Å²) in [4.78, 5) is 0. The lowest BCUT2D eigenvalue weighted by Crippen LogP contribution is -1.86. The molecule has 15 heavy (non-hydrogen) atoms. The molecule has 2 rings (SSSR count). The van der Waals surface area contributed by atoms with E-state index in [1.54, 1.807) is 7.11 Å². The highest BCUT2D eigenvalue weighted by molar-refractivity contribution is 14.1. The third-order valence-electron chi connectivity index (χ3n) is 2.01. The zero-order valence-electron chi connectivity index (χ0n) is 8.03. The molecule has 0 saturated heterocycles. The average molecular weight is 316 g/mol. The molecule has 0 amide bonds. The molecule has 0 atom stereocenters. The van der Waals surface area contributed by atoms with Crippen LogP contribution in [0.4, 0.5) is 5.82 Å². The third kappa shape index (κ3) is 1.92. The van der Waals surface area contributed by atoms with Crippen molar-refractivity contribution in [1.82, 2.24) is 5.16 Å².